The van der Waals surface area contributed by atoms with Crippen molar-refractivity contribution in [2.45, 2.75) is 6.10 Å². The lowest BCUT2D eigenvalue weighted by Gasteiger charge is -2.11. The average molecular weight is 351 g/mol. The van der Waals surface area contributed by atoms with Crippen LogP contribution in [-0.2, 0) is 0 Å². The lowest BCUT2D eigenvalue weighted by Crippen LogP contribution is -1.99. The third-order valence-electron chi connectivity index (χ3n) is 2.07. The number of hydrogen-bond acceptors (Lipinski definition) is 2. The summed E-state index contributed by atoms with van der Waals surface area (Å²) in [4.78, 5) is 0.940. The zero-order valence-corrected chi connectivity index (χ0v) is 11.4. The van der Waals surface area contributed by atoms with Gasteiger partial charge in [0, 0.05) is 19.0 Å². The van der Waals surface area contributed by atoms with Gasteiger partial charge in [0.05, 0.1) is 0 Å². The molecule has 0 amide bonds. The highest BCUT2D eigenvalue weighted by Gasteiger charge is 2.14. The molecule has 0 saturated heterocycles. The maximum atomic E-state index is 10.1. The Morgan fingerprint density at radius 2 is 2.13 bits per heavy atom. The summed E-state index contributed by atoms with van der Waals surface area (Å²) in [6.45, 7) is 0. The van der Waals surface area contributed by atoms with Crippen molar-refractivity contribution in [2.24, 2.45) is 0 Å². The summed E-state index contributed by atoms with van der Waals surface area (Å²) in [5.74, 6) is 0. The molecule has 1 aromatic carbocycles. The minimum absolute atomic E-state index is 0.574. The van der Waals surface area contributed by atoms with Crippen molar-refractivity contribution in [1.29, 1.82) is 0 Å². The van der Waals surface area contributed by atoms with E-state index < -0.39 is 6.10 Å². The second kappa shape index (κ2) is 4.82. The van der Waals surface area contributed by atoms with E-state index in [1.54, 1.807) is 11.3 Å². The summed E-state index contributed by atoms with van der Waals surface area (Å²) < 4.78 is 1.03. The monoisotopic (exact) mass is 350 g/mol. The van der Waals surface area contributed by atoms with Crippen LogP contribution in [0.3, 0.4) is 0 Å². The number of halogens is 2. The molecule has 0 aliphatic heterocycles. The summed E-state index contributed by atoms with van der Waals surface area (Å²) in [5, 5.41) is 12.7. The van der Waals surface area contributed by atoms with Crippen molar-refractivity contribution < 1.29 is 5.11 Å². The molecular formula is C11H8ClIOS. The van der Waals surface area contributed by atoms with E-state index in [1.807, 2.05) is 35.7 Å². The Morgan fingerprint density at radius 1 is 1.33 bits per heavy atom. The summed E-state index contributed by atoms with van der Waals surface area (Å²) in [6.07, 6.45) is -0.574. The summed E-state index contributed by atoms with van der Waals surface area (Å²) in [6, 6.07) is 9.41. The van der Waals surface area contributed by atoms with Crippen molar-refractivity contribution in [3.8, 4) is 0 Å². The first-order chi connectivity index (χ1) is 7.18. The van der Waals surface area contributed by atoms with Gasteiger partial charge in [0.25, 0.3) is 0 Å². The van der Waals surface area contributed by atoms with Gasteiger partial charge in [0.2, 0.25) is 0 Å². The molecule has 1 nitrogen and oxygen atoms in total. The van der Waals surface area contributed by atoms with Gasteiger partial charge in [-0.3, -0.25) is 0 Å². The van der Waals surface area contributed by atoms with Crippen LogP contribution in [0.4, 0.5) is 0 Å². The Kier molecular flexibility index (Phi) is 3.66. The summed E-state index contributed by atoms with van der Waals surface area (Å²) in [5.41, 5.74) is 0.866. The number of aliphatic hydroxyl groups is 1. The zero-order valence-electron chi connectivity index (χ0n) is 7.65. The molecule has 0 saturated carbocycles. The van der Waals surface area contributed by atoms with E-state index in [2.05, 4.69) is 22.6 Å². The smallest absolute Gasteiger partial charge is 0.114 e. The molecule has 1 atom stereocenters. The molecule has 2 rings (SSSR count). The lowest BCUT2D eigenvalue weighted by atomic mass is 10.1. The first-order valence-corrected chi connectivity index (χ1v) is 6.68. The minimum atomic E-state index is -0.574. The molecule has 0 bridgehead atoms. The van der Waals surface area contributed by atoms with E-state index in [0.29, 0.717) is 5.02 Å². The standard InChI is InChI=1S/C11H8ClIOS/c12-7-3-4-9(13)8(6-7)11(14)10-2-1-5-15-10/h1-6,11,14H. The highest BCUT2D eigenvalue weighted by molar-refractivity contribution is 14.1. The summed E-state index contributed by atoms with van der Waals surface area (Å²) >= 11 is 9.66. The molecule has 1 unspecified atom stereocenters. The quantitative estimate of drug-likeness (QED) is 0.809. The fourth-order valence-electron chi connectivity index (χ4n) is 1.32. The lowest BCUT2D eigenvalue weighted by molar-refractivity contribution is 0.223. The maximum absolute atomic E-state index is 10.1. The first-order valence-electron chi connectivity index (χ1n) is 4.35. The molecule has 4 heteroatoms. The Bertz CT molecular complexity index is 456. The molecule has 0 aliphatic carbocycles. The predicted octanol–water partition coefficient (Wildman–Crippen LogP) is 4.09. The van der Waals surface area contributed by atoms with Gasteiger partial charge >= 0.3 is 0 Å². The van der Waals surface area contributed by atoms with Gasteiger partial charge in [-0.25, -0.2) is 0 Å². The fraction of sp³-hybridized carbons (Fsp3) is 0.0909. The van der Waals surface area contributed by atoms with Crippen LogP contribution in [0.2, 0.25) is 5.02 Å². The van der Waals surface area contributed by atoms with E-state index in [9.17, 15) is 5.11 Å². The second-order valence-corrected chi connectivity index (χ2v) is 5.66. The highest BCUT2D eigenvalue weighted by atomic mass is 127. The number of hydrogen-bond donors (Lipinski definition) is 1. The van der Waals surface area contributed by atoms with E-state index >= 15 is 0 Å². The fourth-order valence-corrected chi connectivity index (χ4v) is 2.86. The molecule has 1 aromatic heterocycles. The third-order valence-corrected chi connectivity index (χ3v) is 4.21. The number of aliphatic hydroxyl groups excluding tert-OH is 1. The third kappa shape index (κ3) is 2.53. The van der Waals surface area contributed by atoms with Crippen molar-refractivity contribution in [2.75, 3.05) is 0 Å². The molecule has 15 heavy (non-hydrogen) atoms. The molecule has 0 fully saturated rings. The average Bonchev–Trinajstić information content (AvgIpc) is 2.74. The molecule has 78 valence electrons. The Hall–Kier alpha value is -0.100. The number of rotatable bonds is 2. The number of thiophene rings is 1. The van der Waals surface area contributed by atoms with Crippen molar-refractivity contribution in [3.05, 3.63) is 54.7 Å². The second-order valence-electron chi connectivity index (χ2n) is 3.08. The largest absolute Gasteiger partial charge is 0.383 e. The van der Waals surface area contributed by atoms with Gasteiger partial charge in [-0.1, -0.05) is 17.7 Å². The van der Waals surface area contributed by atoms with E-state index in [1.165, 1.54) is 0 Å². The summed E-state index contributed by atoms with van der Waals surface area (Å²) in [7, 11) is 0. The van der Waals surface area contributed by atoms with Crippen LogP contribution in [0.15, 0.2) is 35.7 Å². The van der Waals surface area contributed by atoms with Crippen LogP contribution in [-0.4, -0.2) is 5.11 Å². The van der Waals surface area contributed by atoms with Gasteiger partial charge in [0.1, 0.15) is 6.10 Å². The maximum Gasteiger partial charge on any atom is 0.114 e. The van der Waals surface area contributed by atoms with E-state index in [4.69, 9.17) is 11.6 Å². The normalized spacial score (nSPS) is 12.7. The Labute approximate surface area is 111 Å². The molecule has 0 radical (unpaired) electrons. The highest BCUT2D eigenvalue weighted by Crippen LogP contribution is 2.30. The van der Waals surface area contributed by atoms with Crippen LogP contribution >= 0.6 is 45.5 Å². The van der Waals surface area contributed by atoms with Gasteiger partial charge in [-0.15, -0.1) is 11.3 Å². The van der Waals surface area contributed by atoms with Gasteiger partial charge < -0.3 is 5.11 Å². The zero-order chi connectivity index (χ0) is 10.8. The minimum Gasteiger partial charge on any atom is -0.383 e. The van der Waals surface area contributed by atoms with Crippen LogP contribution < -0.4 is 0 Å². The van der Waals surface area contributed by atoms with Crippen LogP contribution in [0.1, 0.15) is 16.5 Å². The molecular weight excluding hydrogens is 343 g/mol. The number of benzene rings is 1. The predicted molar refractivity (Wildman–Crippen MR) is 72.5 cm³/mol. The molecule has 0 spiro atoms. The van der Waals surface area contributed by atoms with Gasteiger partial charge in [-0.2, -0.15) is 0 Å². The molecule has 2 aromatic rings. The van der Waals surface area contributed by atoms with E-state index in [0.717, 1.165) is 14.0 Å². The first kappa shape index (κ1) is 11.4. The molecule has 0 aliphatic rings. The van der Waals surface area contributed by atoms with Crippen LogP contribution in [0.25, 0.3) is 0 Å². The van der Waals surface area contributed by atoms with E-state index in [-0.39, 0.29) is 0 Å². The van der Waals surface area contributed by atoms with Crippen LogP contribution in [0.5, 0.6) is 0 Å². The Balaban J connectivity index is 2.41. The Morgan fingerprint density at radius 3 is 2.80 bits per heavy atom. The van der Waals surface area contributed by atoms with Gasteiger partial charge in [-0.05, 0) is 52.2 Å². The molecule has 1 N–H and O–H groups in total. The molecule has 1 heterocycles. The topological polar surface area (TPSA) is 20.2 Å². The SMILES string of the molecule is OC(c1cccs1)c1cc(Cl)ccc1I. The van der Waals surface area contributed by atoms with Crippen molar-refractivity contribution in [1.82, 2.24) is 0 Å². The van der Waals surface area contributed by atoms with Crippen LogP contribution in [0, 0.1) is 3.57 Å². The van der Waals surface area contributed by atoms with Crippen molar-refractivity contribution in [3.63, 3.8) is 0 Å². The van der Waals surface area contributed by atoms with Crippen molar-refractivity contribution >= 4 is 45.5 Å². The van der Waals surface area contributed by atoms with Gasteiger partial charge in [0.15, 0.2) is 0 Å².